The summed E-state index contributed by atoms with van der Waals surface area (Å²) in [5.74, 6) is 2.55. The highest BCUT2D eigenvalue weighted by Gasteiger charge is 2.25. The van der Waals surface area contributed by atoms with Gasteiger partial charge >= 0.3 is 0 Å². The molecule has 0 amide bonds. The fraction of sp³-hybridized carbons (Fsp3) is 0.579. The molecular formula is C19H30IN5O2. The predicted molar refractivity (Wildman–Crippen MR) is 116 cm³/mol. The number of hydrogen-bond donors (Lipinski definition) is 2. The van der Waals surface area contributed by atoms with Gasteiger partial charge in [-0.2, -0.15) is 0 Å². The van der Waals surface area contributed by atoms with Gasteiger partial charge in [0.2, 0.25) is 0 Å². The SMILES string of the molecule is CCNC(=NCc1cc(CC)no1)NCC(c1ccco1)N1CCCC1.I. The van der Waals surface area contributed by atoms with Gasteiger partial charge in [0.15, 0.2) is 11.7 Å². The lowest BCUT2D eigenvalue weighted by Crippen LogP contribution is -2.42. The van der Waals surface area contributed by atoms with E-state index < -0.39 is 0 Å². The topological polar surface area (TPSA) is 78.8 Å². The number of hydrogen-bond acceptors (Lipinski definition) is 5. The van der Waals surface area contributed by atoms with Crippen LogP contribution in [-0.2, 0) is 13.0 Å². The van der Waals surface area contributed by atoms with Gasteiger partial charge in [0, 0.05) is 19.2 Å². The number of furan rings is 1. The molecule has 150 valence electrons. The van der Waals surface area contributed by atoms with Gasteiger partial charge in [-0.15, -0.1) is 24.0 Å². The molecule has 2 N–H and O–H groups in total. The van der Waals surface area contributed by atoms with E-state index in [9.17, 15) is 0 Å². The summed E-state index contributed by atoms with van der Waals surface area (Å²) in [6.07, 6.45) is 5.10. The van der Waals surface area contributed by atoms with Crippen molar-refractivity contribution in [2.75, 3.05) is 26.2 Å². The van der Waals surface area contributed by atoms with Crippen molar-refractivity contribution in [3.05, 3.63) is 41.7 Å². The van der Waals surface area contributed by atoms with Gasteiger partial charge in [-0.25, -0.2) is 4.99 Å². The van der Waals surface area contributed by atoms with Crippen molar-refractivity contribution in [2.24, 2.45) is 4.99 Å². The van der Waals surface area contributed by atoms with E-state index in [1.807, 2.05) is 12.1 Å². The van der Waals surface area contributed by atoms with Gasteiger partial charge in [0.05, 0.1) is 18.0 Å². The van der Waals surface area contributed by atoms with E-state index in [2.05, 4.69) is 45.6 Å². The average molecular weight is 487 g/mol. The largest absolute Gasteiger partial charge is 0.468 e. The fourth-order valence-corrected chi connectivity index (χ4v) is 3.23. The normalized spacial score (nSPS) is 16.1. The molecule has 0 saturated carbocycles. The molecule has 0 aliphatic carbocycles. The van der Waals surface area contributed by atoms with Crippen molar-refractivity contribution in [1.82, 2.24) is 20.7 Å². The summed E-state index contributed by atoms with van der Waals surface area (Å²) < 4.78 is 11.0. The molecule has 27 heavy (non-hydrogen) atoms. The smallest absolute Gasteiger partial charge is 0.191 e. The first-order valence-electron chi connectivity index (χ1n) is 9.54. The molecule has 0 radical (unpaired) electrons. The molecule has 2 aromatic heterocycles. The summed E-state index contributed by atoms with van der Waals surface area (Å²) in [7, 11) is 0. The molecule has 3 heterocycles. The molecule has 1 fully saturated rings. The van der Waals surface area contributed by atoms with Crippen LogP contribution < -0.4 is 10.6 Å². The van der Waals surface area contributed by atoms with Gasteiger partial charge < -0.3 is 19.6 Å². The third kappa shape index (κ3) is 6.24. The Kier molecular flexibility index (Phi) is 9.12. The Morgan fingerprint density at radius 1 is 1.30 bits per heavy atom. The lowest BCUT2D eigenvalue weighted by Gasteiger charge is -2.26. The summed E-state index contributed by atoms with van der Waals surface area (Å²) in [6.45, 7) is 8.36. The minimum atomic E-state index is 0. The molecule has 1 saturated heterocycles. The van der Waals surface area contributed by atoms with E-state index in [-0.39, 0.29) is 30.0 Å². The van der Waals surface area contributed by atoms with Crippen LogP contribution in [0.5, 0.6) is 0 Å². The number of aryl methyl sites for hydroxylation is 1. The second-order valence-corrected chi connectivity index (χ2v) is 6.49. The second-order valence-electron chi connectivity index (χ2n) is 6.49. The number of nitrogens with zero attached hydrogens (tertiary/aromatic N) is 3. The van der Waals surface area contributed by atoms with Crippen LogP contribution >= 0.6 is 24.0 Å². The standard InChI is InChI=1S/C19H29N5O2.HI/c1-3-15-12-16(26-23-15)13-21-19(20-4-2)22-14-17(18-8-7-11-25-18)24-9-5-6-10-24;/h7-8,11-12,17H,3-6,9-10,13-14H2,1-2H3,(H2,20,21,22);1H. The molecule has 0 bridgehead atoms. The maximum atomic E-state index is 5.68. The quantitative estimate of drug-likeness (QED) is 0.338. The first-order chi connectivity index (χ1) is 12.8. The molecular weight excluding hydrogens is 457 g/mol. The van der Waals surface area contributed by atoms with Gasteiger partial charge in [0.25, 0.3) is 0 Å². The Balaban J connectivity index is 0.00000261. The van der Waals surface area contributed by atoms with E-state index in [4.69, 9.17) is 8.94 Å². The van der Waals surface area contributed by atoms with E-state index in [0.29, 0.717) is 6.54 Å². The van der Waals surface area contributed by atoms with Crippen molar-refractivity contribution in [1.29, 1.82) is 0 Å². The number of aliphatic imine (C=N–C) groups is 1. The minimum absolute atomic E-state index is 0. The Morgan fingerprint density at radius 2 is 2.11 bits per heavy atom. The first kappa shape index (κ1) is 21.7. The zero-order chi connectivity index (χ0) is 18.2. The molecule has 1 aliphatic heterocycles. The zero-order valence-electron chi connectivity index (χ0n) is 16.1. The maximum Gasteiger partial charge on any atom is 0.191 e. The summed E-state index contributed by atoms with van der Waals surface area (Å²) in [6, 6.07) is 6.18. The van der Waals surface area contributed by atoms with E-state index >= 15 is 0 Å². The second kappa shape index (κ2) is 11.3. The molecule has 7 nitrogen and oxygen atoms in total. The van der Waals surface area contributed by atoms with Crippen molar-refractivity contribution >= 4 is 29.9 Å². The van der Waals surface area contributed by atoms with Gasteiger partial charge in [-0.05, 0) is 51.4 Å². The fourth-order valence-electron chi connectivity index (χ4n) is 3.23. The van der Waals surface area contributed by atoms with Crippen molar-refractivity contribution in [2.45, 2.75) is 45.7 Å². The van der Waals surface area contributed by atoms with E-state index in [1.54, 1.807) is 6.26 Å². The Morgan fingerprint density at radius 3 is 2.74 bits per heavy atom. The highest BCUT2D eigenvalue weighted by Crippen LogP contribution is 2.24. The monoisotopic (exact) mass is 487 g/mol. The van der Waals surface area contributed by atoms with Crippen LogP contribution in [0.4, 0.5) is 0 Å². The third-order valence-corrected chi connectivity index (χ3v) is 4.62. The molecule has 1 atom stereocenters. The van der Waals surface area contributed by atoms with Crippen molar-refractivity contribution < 1.29 is 8.94 Å². The minimum Gasteiger partial charge on any atom is -0.468 e. The zero-order valence-corrected chi connectivity index (χ0v) is 18.4. The Labute approximate surface area is 178 Å². The molecule has 0 aromatic carbocycles. The number of nitrogens with one attached hydrogen (secondary N) is 2. The number of guanidine groups is 1. The molecule has 1 aliphatic rings. The van der Waals surface area contributed by atoms with E-state index in [1.165, 1.54) is 12.8 Å². The number of rotatable bonds is 8. The summed E-state index contributed by atoms with van der Waals surface area (Å²) in [5, 5.41) is 10.8. The lowest BCUT2D eigenvalue weighted by atomic mass is 10.2. The predicted octanol–water partition coefficient (Wildman–Crippen LogP) is 3.34. The molecule has 3 rings (SSSR count). The van der Waals surface area contributed by atoms with Crippen molar-refractivity contribution in [3.8, 4) is 0 Å². The highest BCUT2D eigenvalue weighted by molar-refractivity contribution is 14.0. The number of aromatic nitrogens is 1. The first-order valence-corrected chi connectivity index (χ1v) is 9.54. The van der Waals surface area contributed by atoms with Gasteiger partial charge in [0.1, 0.15) is 12.3 Å². The van der Waals surface area contributed by atoms with Crippen LogP contribution in [0, 0.1) is 0 Å². The van der Waals surface area contributed by atoms with Crippen LogP contribution in [0.3, 0.4) is 0 Å². The van der Waals surface area contributed by atoms with Crippen LogP contribution in [0.15, 0.2) is 38.4 Å². The molecule has 0 spiro atoms. The van der Waals surface area contributed by atoms with Crippen LogP contribution in [-0.4, -0.2) is 42.2 Å². The summed E-state index contributed by atoms with van der Waals surface area (Å²) in [4.78, 5) is 7.09. The Hall–Kier alpha value is -1.55. The highest BCUT2D eigenvalue weighted by atomic mass is 127. The Bertz CT molecular complexity index is 680. The van der Waals surface area contributed by atoms with Gasteiger partial charge in [-0.1, -0.05) is 12.1 Å². The third-order valence-electron chi connectivity index (χ3n) is 4.62. The van der Waals surface area contributed by atoms with Crippen LogP contribution in [0.1, 0.15) is 49.9 Å². The molecule has 1 unspecified atom stereocenters. The maximum absolute atomic E-state index is 5.68. The lowest BCUT2D eigenvalue weighted by molar-refractivity contribution is 0.215. The van der Waals surface area contributed by atoms with E-state index in [0.717, 1.165) is 55.8 Å². The number of likely N-dealkylation sites (tertiary alicyclic amines) is 1. The number of halogens is 1. The van der Waals surface area contributed by atoms with Gasteiger partial charge in [-0.3, -0.25) is 4.90 Å². The summed E-state index contributed by atoms with van der Waals surface area (Å²) in [5.41, 5.74) is 0.958. The van der Waals surface area contributed by atoms with Crippen molar-refractivity contribution in [3.63, 3.8) is 0 Å². The molecule has 8 heteroatoms. The molecule has 2 aromatic rings. The summed E-state index contributed by atoms with van der Waals surface area (Å²) >= 11 is 0. The van der Waals surface area contributed by atoms with Crippen LogP contribution in [0.25, 0.3) is 0 Å². The van der Waals surface area contributed by atoms with Crippen LogP contribution in [0.2, 0.25) is 0 Å². The average Bonchev–Trinajstić information content (AvgIpc) is 3.42.